The van der Waals surface area contributed by atoms with Crippen LogP contribution < -0.4 is 18.9 Å². The van der Waals surface area contributed by atoms with Crippen LogP contribution in [-0.2, 0) is 6.61 Å². The minimum atomic E-state index is -0.122. The highest BCUT2D eigenvalue weighted by atomic mass is 35.5. The standard InChI is InChI=1S/C24H19ClO5/c1-27-22-10-3-16(12-18(22)14-28-20-7-5-19(25)6-8-20)2-9-21(26)17-4-11-23-24(13-17)30-15-29-23/h2-13H,14-15H2,1H3/b9-2+. The molecule has 0 N–H and O–H groups in total. The highest BCUT2D eigenvalue weighted by Gasteiger charge is 2.15. The zero-order valence-electron chi connectivity index (χ0n) is 16.3. The van der Waals surface area contributed by atoms with Gasteiger partial charge in [0.25, 0.3) is 0 Å². The summed E-state index contributed by atoms with van der Waals surface area (Å²) in [6, 6.07) is 18.0. The zero-order valence-corrected chi connectivity index (χ0v) is 17.0. The topological polar surface area (TPSA) is 54.0 Å². The van der Waals surface area contributed by atoms with Crippen LogP contribution in [0.4, 0.5) is 0 Å². The van der Waals surface area contributed by atoms with E-state index in [1.54, 1.807) is 43.5 Å². The van der Waals surface area contributed by atoms with Gasteiger partial charge < -0.3 is 18.9 Å². The Morgan fingerprint density at radius 1 is 1.03 bits per heavy atom. The molecule has 0 saturated heterocycles. The number of hydrogen-bond donors (Lipinski definition) is 0. The molecule has 0 bridgehead atoms. The van der Waals surface area contributed by atoms with Crippen LogP contribution in [0.2, 0.25) is 5.02 Å². The Morgan fingerprint density at radius 2 is 1.83 bits per heavy atom. The highest BCUT2D eigenvalue weighted by Crippen LogP contribution is 2.32. The number of ether oxygens (including phenoxy) is 4. The smallest absolute Gasteiger partial charge is 0.231 e. The number of methoxy groups -OCH3 is 1. The summed E-state index contributed by atoms with van der Waals surface area (Å²) in [6.45, 7) is 0.498. The average Bonchev–Trinajstić information content (AvgIpc) is 3.25. The second kappa shape index (κ2) is 8.93. The molecule has 4 rings (SSSR count). The van der Waals surface area contributed by atoms with Crippen molar-refractivity contribution in [2.75, 3.05) is 13.9 Å². The van der Waals surface area contributed by atoms with E-state index in [-0.39, 0.29) is 12.6 Å². The summed E-state index contributed by atoms with van der Waals surface area (Å²) in [4.78, 5) is 12.5. The molecule has 0 aliphatic carbocycles. The molecule has 0 radical (unpaired) electrons. The van der Waals surface area contributed by atoms with E-state index in [9.17, 15) is 4.79 Å². The lowest BCUT2D eigenvalue weighted by atomic mass is 10.1. The van der Waals surface area contributed by atoms with Gasteiger partial charge in [-0.05, 0) is 66.2 Å². The monoisotopic (exact) mass is 422 g/mol. The van der Waals surface area contributed by atoms with Crippen LogP contribution in [0.15, 0.2) is 66.7 Å². The van der Waals surface area contributed by atoms with E-state index in [4.69, 9.17) is 30.5 Å². The lowest BCUT2D eigenvalue weighted by molar-refractivity contribution is 0.104. The molecule has 0 aromatic heterocycles. The average molecular weight is 423 g/mol. The van der Waals surface area contributed by atoms with Gasteiger partial charge in [0.05, 0.1) is 7.11 Å². The van der Waals surface area contributed by atoms with Crippen LogP contribution in [0.25, 0.3) is 6.08 Å². The van der Waals surface area contributed by atoms with Crippen LogP contribution in [0, 0.1) is 0 Å². The Bertz CT molecular complexity index is 1090. The maximum absolute atomic E-state index is 12.5. The first-order valence-corrected chi connectivity index (χ1v) is 9.67. The number of ketones is 1. The number of benzene rings is 3. The van der Waals surface area contributed by atoms with Gasteiger partial charge in [0.1, 0.15) is 18.1 Å². The van der Waals surface area contributed by atoms with Gasteiger partial charge in [-0.15, -0.1) is 0 Å². The van der Waals surface area contributed by atoms with Crippen molar-refractivity contribution < 1.29 is 23.7 Å². The Labute approximate surface area is 179 Å². The van der Waals surface area contributed by atoms with E-state index < -0.39 is 0 Å². The SMILES string of the molecule is COc1ccc(/C=C/C(=O)c2ccc3c(c2)OCO3)cc1COc1ccc(Cl)cc1. The summed E-state index contributed by atoms with van der Waals surface area (Å²) in [5, 5.41) is 0.652. The van der Waals surface area contributed by atoms with Crippen LogP contribution in [0.5, 0.6) is 23.0 Å². The van der Waals surface area contributed by atoms with Gasteiger partial charge in [-0.25, -0.2) is 0 Å². The third-order valence-corrected chi connectivity index (χ3v) is 4.85. The molecule has 3 aromatic rings. The first-order chi connectivity index (χ1) is 14.6. The van der Waals surface area contributed by atoms with Gasteiger partial charge in [-0.2, -0.15) is 0 Å². The number of fused-ring (bicyclic) bond motifs is 1. The number of carbonyl (C=O) groups is 1. The van der Waals surface area contributed by atoms with Gasteiger partial charge in [-0.1, -0.05) is 23.7 Å². The Balaban J connectivity index is 1.47. The van der Waals surface area contributed by atoms with E-state index in [1.807, 2.05) is 30.3 Å². The van der Waals surface area contributed by atoms with E-state index in [0.29, 0.717) is 40.2 Å². The molecule has 0 fully saturated rings. The maximum atomic E-state index is 12.5. The molecular weight excluding hydrogens is 404 g/mol. The van der Waals surface area contributed by atoms with Crippen LogP contribution in [0.3, 0.4) is 0 Å². The van der Waals surface area contributed by atoms with E-state index in [1.165, 1.54) is 6.08 Å². The van der Waals surface area contributed by atoms with Crippen molar-refractivity contribution in [1.29, 1.82) is 0 Å². The molecule has 0 atom stereocenters. The molecule has 1 aliphatic heterocycles. The number of rotatable bonds is 7. The quantitative estimate of drug-likeness (QED) is 0.369. The zero-order chi connectivity index (χ0) is 20.9. The molecular formula is C24H19ClO5. The van der Waals surface area contributed by atoms with Gasteiger partial charge in [0.15, 0.2) is 17.3 Å². The molecule has 30 heavy (non-hydrogen) atoms. The second-order valence-corrected chi connectivity index (χ2v) is 7.02. The number of halogens is 1. The summed E-state index contributed by atoms with van der Waals surface area (Å²) in [5.41, 5.74) is 2.26. The predicted molar refractivity (Wildman–Crippen MR) is 115 cm³/mol. The Kier molecular flexibility index (Phi) is 5.91. The normalized spacial score (nSPS) is 12.2. The maximum Gasteiger partial charge on any atom is 0.231 e. The first-order valence-electron chi connectivity index (χ1n) is 9.30. The van der Waals surface area contributed by atoms with Crippen LogP contribution in [-0.4, -0.2) is 19.7 Å². The van der Waals surface area contributed by atoms with Crippen molar-refractivity contribution >= 4 is 23.5 Å². The Morgan fingerprint density at radius 3 is 2.63 bits per heavy atom. The molecule has 0 unspecified atom stereocenters. The van der Waals surface area contributed by atoms with Crippen molar-refractivity contribution in [3.8, 4) is 23.0 Å². The molecule has 3 aromatic carbocycles. The lowest BCUT2D eigenvalue weighted by Crippen LogP contribution is -1.99. The van der Waals surface area contributed by atoms with Crippen LogP contribution in [0.1, 0.15) is 21.5 Å². The molecule has 0 spiro atoms. The van der Waals surface area contributed by atoms with Gasteiger partial charge in [0, 0.05) is 16.1 Å². The summed E-state index contributed by atoms with van der Waals surface area (Å²) in [5.74, 6) is 2.53. The van der Waals surface area contributed by atoms with Gasteiger partial charge in [-0.3, -0.25) is 4.79 Å². The largest absolute Gasteiger partial charge is 0.496 e. The number of allylic oxidation sites excluding steroid dienone is 1. The van der Waals surface area contributed by atoms with Crippen molar-refractivity contribution in [3.05, 3.63) is 88.5 Å². The fraction of sp³-hybridized carbons (Fsp3) is 0.125. The first kappa shape index (κ1) is 19.9. The Hall–Kier alpha value is -3.44. The van der Waals surface area contributed by atoms with Crippen molar-refractivity contribution in [1.82, 2.24) is 0 Å². The summed E-state index contributed by atoms with van der Waals surface area (Å²) >= 11 is 5.91. The molecule has 1 heterocycles. The molecule has 6 heteroatoms. The minimum absolute atomic E-state index is 0.122. The minimum Gasteiger partial charge on any atom is -0.496 e. The van der Waals surface area contributed by atoms with E-state index in [0.717, 1.165) is 11.1 Å². The number of carbonyl (C=O) groups excluding carboxylic acids is 1. The predicted octanol–water partition coefficient (Wildman–Crippen LogP) is 5.55. The summed E-state index contributed by atoms with van der Waals surface area (Å²) in [6.07, 6.45) is 3.29. The third kappa shape index (κ3) is 4.58. The molecule has 0 saturated carbocycles. The van der Waals surface area contributed by atoms with Crippen molar-refractivity contribution in [2.45, 2.75) is 6.61 Å². The molecule has 5 nitrogen and oxygen atoms in total. The van der Waals surface area contributed by atoms with Crippen molar-refractivity contribution in [2.24, 2.45) is 0 Å². The van der Waals surface area contributed by atoms with Gasteiger partial charge in [0.2, 0.25) is 6.79 Å². The third-order valence-electron chi connectivity index (χ3n) is 4.60. The van der Waals surface area contributed by atoms with E-state index in [2.05, 4.69) is 0 Å². The summed E-state index contributed by atoms with van der Waals surface area (Å²) in [7, 11) is 1.61. The van der Waals surface area contributed by atoms with Crippen LogP contribution >= 0.6 is 11.6 Å². The van der Waals surface area contributed by atoms with Crippen molar-refractivity contribution in [3.63, 3.8) is 0 Å². The molecule has 0 amide bonds. The fourth-order valence-electron chi connectivity index (χ4n) is 3.02. The second-order valence-electron chi connectivity index (χ2n) is 6.58. The summed E-state index contributed by atoms with van der Waals surface area (Å²) < 4.78 is 21.9. The number of hydrogen-bond acceptors (Lipinski definition) is 5. The van der Waals surface area contributed by atoms with E-state index >= 15 is 0 Å². The fourth-order valence-corrected chi connectivity index (χ4v) is 3.15. The highest BCUT2D eigenvalue weighted by molar-refractivity contribution is 6.30. The molecule has 152 valence electrons. The molecule has 1 aliphatic rings. The lowest BCUT2D eigenvalue weighted by Gasteiger charge is -2.11. The van der Waals surface area contributed by atoms with Gasteiger partial charge >= 0.3 is 0 Å².